The van der Waals surface area contributed by atoms with Crippen molar-refractivity contribution in [3.8, 4) is 11.3 Å². The predicted octanol–water partition coefficient (Wildman–Crippen LogP) is 1.95. The molecule has 1 aromatic heterocycles. The van der Waals surface area contributed by atoms with Crippen molar-refractivity contribution in [1.29, 1.82) is 0 Å². The average molecular weight is 360 g/mol. The van der Waals surface area contributed by atoms with Crippen LogP contribution in [0.2, 0.25) is 0 Å². The molecule has 2 heterocycles. The van der Waals surface area contributed by atoms with E-state index in [1.807, 2.05) is 42.5 Å². The first-order valence-electron chi connectivity index (χ1n) is 8.43. The van der Waals surface area contributed by atoms with Crippen LogP contribution in [0.5, 0.6) is 0 Å². The highest BCUT2D eigenvalue weighted by molar-refractivity contribution is 6.17. The molecule has 0 fully saturated rings. The van der Waals surface area contributed by atoms with Crippen molar-refractivity contribution < 1.29 is 14.7 Å². The summed E-state index contributed by atoms with van der Waals surface area (Å²) in [5.74, 6) is -0.891. The molecule has 0 aliphatic carbocycles. The Morgan fingerprint density at radius 1 is 1.04 bits per heavy atom. The van der Waals surface area contributed by atoms with Crippen molar-refractivity contribution in [1.82, 2.24) is 14.9 Å². The number of rotatable bonds is 5. The maximum absolute atomic E-state index is 12.3. The van der Waals surface area contributed by atoms with Gasteiger partial charge < -0.3 is 10.4 Å². The van der Waals surface area contributed by atoms with Crippen LogP contribution >= 0.6 is 0 Å². The number of hydrogen-bond acceptors (Lipinski definition) is 6. The molecule has 0 saturated carbocycles. The Labute approximate surface area is 155 Å². The van der Waals surface area contributed by atoms with Gasteiger partial charge in [-0.1, -0.05) is 24.3 Å². The second kappa shape index (κ2) is 6.97. The number of carbonyl (C=O) groups is 2. The molecule has 0 atom stereocenters. The van der Waals surface area contributed by atoms with Crippen molar-refractivity contribution in [2.24, 2.45) is 0 Å². The van der Waals surface area contributed by atoms with Crippen LogP contribution in [0.15, 0.2) is 66.5 Å². The number of nitrogens with zero attached hydrogens (tertiary/aromatic N) is 3. The van der Waals surface area contributed by atoms with Gasteiger partial charge in [0.05, 0.1) is 36.1 Å². The fraction of sp³-hybridized carbons (Fsp3) is 0.100. The second-order valence-electron chi connectivity index (χ2n) is 6.03. The van der Waals surface area contributed by atoms with E-state index < -0.39 is 11.8 Å². The molecular weight excluding hydrogens is 344 g/mol. The van der Waals surface area contributed by atoms with E-state index in [-0.39, 0.29) is 18.8 Å². The zero-order valence-corrected chi connectivity index (χ0v) is 14.3. The first-order valence-corrected chi connectivity index (χ1v) is 8.43. The topological polar surface area (TPSA) is 95.4 Å². The van der Waals surface area contributed by atoms with Gasteiger partial charge in [-0.2, -0.15) is 0 Å². The Morgan fingerprint density at radius 2 is 1.85 bits per heavy atom. The molecule has 7 heteroatoms. The molecule has 1 aliphatic rings. The Balaban J connectivity index is 1.60. The minimum absolute atomic E-state index is 0.0218. The summed E-state index contributed by atoms with van der Waals surface area (Å²) in [4.78, 5) is 34.1. The molecule has 0 bridgehead atoms. The van der Waals surface area contributed by atoms with E-state index in [1.54, 1.807) is 12.3 Å². The molecule has 27 heavy (non-hydrogen) atoms. The third kappa shape index (κ3) is 3.28. The summed E-state index contributed by atoms with van der Waals surface area (Å²) in [7, 11) is 0. The molecule has 0 radical (unpaired) electrons. The number of carbonyl (C=O) groups excluding carboxylic acids is 2. The van der Waals surface area contributed by atoms with Crippen molar-refractivity contribution in [2.75, 3.05) is 18.5 Å². The molecule has 2 amide bonds. The lowest BCUT2D eigenvalue weighted by atomic mass is 10.1. The van der Waals surface area contributed by atoms with Gasteiger partial charge in [-0.25, -0.2) is 4.98 Å². The number of imide groups is 1. The fourth-order valence-electron chi connectivity index (χ4n) is 2.92. The van der Waals surface area contributed by atoms with Crippen LogP contribution in [0.1, 0.15) is 0 Å². The van der Waals surface area contributed by atoms with Crippen molar-refractivity contribution in [2.45, 2.75) is 0 Å². The lowest BCUT2D eigenvalue weighted by Crippen LogP contribution is -2.34. The zero-order valence-electron chi connectivity index (χ0n) is 14.3. The van der Waals surface area contributed by atoms with Crippen LogP contribution in [0.4, 0.5) is 5.69 Å². The number of aliphatic hydroxyl groups is 1. The Kier molecular flexibility index (Phi) is 4.35. The van der Waals surface area contributed by atoms with Gasteiger partial charge in [-0.3, -0.25) is 19.5 Å². The van der Waals surface area contributed by atoms with E-state index in [4.69, 9.17) is 5.11 Å². The molecule has 7 nitrogen and oxygen atoms in total. The molecule has 0 saturated heterocycles. The van der Waals surface area contributed by atoms with Crippen LogP contribution in [0, 0.1) is 0 Å². The highest BCUT2D eigenvalue weighted by atomic mass is 16.3. The lowest BCUT2D eigenvalue weighted by molar-refractivity contribution is -0.137. The summed E-state index contributed by atoms with van der Waals surface area (Å²) in [5.41, 5.74) is 3.99. The number of para-hydroxylation sites is 2. The number of nitrogens with one attached hydrogen (secondary N) is 1. The van der Waals surface area contributed by atoms with Crippen molar-refractivity contribution in [3.63, 3.8) is 0 Å². The smallest absolute Gasteiger partial charge is 0.277 e. The largest absolute Gasteiger partial charge is 0.395 e. The van der Waals surface area contributed by atoms with Gasteiger partial charge >= 0.3 is 0 Å². The third-order valence-corrected chi connectivity index (χ3v) is 4.22. The quantitative estimate of drug-likeness (QED) is 0.676. The Bertz CT molecular complexity index is 1080. The van der Waals surface area contributed by atoms with Crippen molar-refractivity contribution in [3.05, 3.63) is 66.5 Å². The molecule has 2 aromatic carbocycles. The molecule has 4 rings (SSSR count). The number of aromatic nitrogens is 2. The molecule has 3 aromatic rings. The summed E-state index contributed by atoms with van der Waals surface area (Å²) < 4.78 is 0. The van der Waals surface area contributed by atoms with Crippen LogP contribution < -0.4 is 5.32 Å². The van der Waals surface area contributed by atoms with Gasteiger partial charge in [0, 0.05) is 17.3 Å². The molecule has 1 aliphatic heterocycles. The van der Waals surface area contributed by atoms with Gasteiger partial charge in [0.2, 0.25) is 0 Å². The van der Waals surface area contributed by atoms with Gasteiger partial charge in [0.15, 0.2) is 0 Å². The number of amides is 2. The minimum atomic E-state index is -0.454. The predicted molar refractivity (Wildman–Crippen MR) is 100 cm³/mol. The number of hydrogen-bond donors (Lipinski definition) is 2. The van der Waals surface area contributed by atoms with Crippen LogP contribution in [0.25, 0.3) is 22.3 Å². The van der Waals surface area contributed by atoms with Gasteiger partial charge in [0.1, 0.15) is 5.70 Å². The number of fused-ring (bicyclic) bond motifs is 1. The average Bonchev–Trinajstić information content (AvgIpc) is 2.95. The van der Waals surface area contributed by atoms with Crippen LogP contribution in [0.3, 0.4) is 0 Å². The Morgan fingerprint density at radius 3 is 2.67 bits per heavy atom. The number of β-amino-alcohol motifs (C(OH)–C–C–N with tert-alkyl or cyclic N) is 1. The molecule has 134 valence electrons. The van der Waals surface area contributed by atoms with Crippen LogP contribution in [-0.2, 0) is 9.59 Å². The summed E-state index contributed by atoms with van der Waals surface area (Å²) in [5, 5.41) is 11.9. The first kappa shape index (κ1) is 16.9. The Hall–Kier alpha value is -3.58. The maximum Gasteiger partial charge on any atom is 0.277 e. The fourth-order valence-corrected chi connectivity index (χ4v) is 2.92. The standard InChI is InChI=1S/C20H16N4O3/c25-9-8-24-19(26)11-17(20(24)27)22-14-5-3-4-13(10-14)18-12-21-15-6-1-2-7-16(15)23-18/h1-7,10-12,22,25H,8-9H2. The third-order valence-electron chi connectivity index (χ3n) is 4.22. The summed E-state index contributed by atoms with van der Waals surface area (Å²) in [6.45, 7) is -0.291. The lowest BCUT2D eigenvalue weighted by Gasteiger charge is -2.13. The summed E-state index contributed by atoms with van der Waals surface area (Å²) in [6.07, 6.45) is 2.94. The summed E-state index contributed by atoms with van der Waals surface area (Å²) >= 11 is 0. The van der Waals surface area contributed by atoms with Gasteiger partial charge in [-0.15, -0.1) is 0 Å². The molecule has 0 spiro atoms. The maximum atomic E-state index is 12.3. The molecular formula is C20H16N4O3. The van der Waals surface area contributed by atoms with E-state index in [0.29, 0.717) is 11.4 Å². The van der Waals surface area contributed by atoms with E-state index >= 15 is 0 Å². The van der Waals surface area contributed by atoms with E-state index in [0.717, 1.165) is 21.5 Å². The van der Waals surface area contributed by atoms with Crippen LogP contribution in [-0.4, -0.2) is 44.9 Å². The van der Waals surface area contributed by atoms with Gasteiger partial charge in [0.25, 0.3) is 11.8 Å². The number of anilines is 1. The van der Waals surface area contributed by atoms with E-state index in [9.17, 15) is 9.59 Å². The van der Waals surface area contributed by atoms with E-state index in [2.05, 4.69) is 15.3 Å². The van der Waals surface area contributed by atoms with Crippen molar-refractivity contribution >= 4 is 28.5 Å². The molecule has 0 unspecified atom stereocenters. The first-order chi connectivity index (χ1) is 13.2. The zero-order chi connectivity index (χ0) is 18.8. The number of aliphatic hydroxyl groups excluding tert-OH is 1. The minimum Gasteiger partial charge on any atom is -0.395 e. The highest BCUT2D eigenvalue weighted by Gasteiger charge is 2.30. The summed E-state index contributed by atoms with van der Waals surface area (Å²) in [6, 6.07) is 15.0. The normalized spacial score (nSPS) is 14.0. The molecule has 2 N–H and O–H groups in total. The van der Waals surface area contributed by atoms with Gasteiger partial charge in [-0.05, 0) is 24.3 Å². The number of benzene rings is 2. The SMILES string of the molecule is O=C1C=C(Nc2cccc(-c3cnc4ccccc4n3)c2)C(=O)N1CCO. The second-order valence-corrected chi connectivity index (χ2v) is 6.03. The monoisotopic (exact) mass is 360 g/mol. The highest BCUT2D eigenvalue weighted by Crippen LogP contribution is 2.24. The van der Waals surface area contributed by atoms with E-state index in [1.165, 1.54) is 6.08 Å².